The van der Waals surface area contributed by atoms with Crippen LogP contribution in [0.3, 0.4) is 0 Å². The molecule has 0 aliphatic carbocycles. The molecule has 2 aromatic carbocycles. The minimum Gasteiger partial charge on any atom is -0.400 e. The fourth-order valence-electron chi connectivity index (χ4n) is 3.49. The van der Waals surface area contributed by atoms with Gasteiger partial charge in [-0.3, -0.25) is 14.6 Å². The topological polar surface area (TPSA) is 92.8 Å². The number of nitrogens with two attached hydrogens (primary N) is 1. The van der Waals surface area contributed by atoms with Crippen LogP contribution in [0.5, 0.6) is 0 Å². The predicted octanol–water partition coefficient (Wildman–Crippen LogP) is 9.19. The quantitative estimate of drug-likeness (QED) is 0.140. The van der Waals surface area contributed by atoms with E-state index in [1.54, 1.807) is 12.1 Å². The Morgan fingerprint density at radius 1 is 1.00 bits per heavy atom. The summed E-state index contributed by atoms with van der Waals surface area (Å²) in [6, 6.07) is 17.6. The van der Waals surface area contributed by atoms with Gasteiger partial charge in [-0.1, -0.05) is 89.2 Å². The minimum atomic E-state index is -0.375. The molecule has 5 nitrogen and oxygen atoms in total. The Bertz CT molecular complexity index is 1310. The van der Waals surface area contributed by atoms with Crippen LogP contribution in [0.15, 0.2) is 78.4 Å². The number of aliphatic hydroxyl groups excluding tert-OH is 1. The van der Waals surface area contributed by atoms with E-state index in [0.717, 1.165) is 58.3 Å². The van der Waals surface area contributed by atoms with Crippen molar-refractivity contribution in [2.24, 2.45) is 16.6 Å². The lowest BCUT2D eigenvalue weighted by atomic mass is 9.98. The summed E-state index contributed by atoms with van der Waals surface area (Å²) in [5.41, 5.74) is 12.4. The number of aliphatic imine (C=N–C) groups is 1. The second-order valence-electron chi connectivity index (χ2n) is 9.12. The standard InChI is InChI=1S/C25H29NOS.C8H9NO.C2H6.CH4O/c1-6-18(4)15-26-16-21(8-3)23-11-9-22(10-12-23)20(7-2)14-25-19(5)13-24(17-27)28-25;1-6-2-4-7(5-3-6)8(9)10;2*1-2/h8-18H,3,6-7H2,1-2,4-5H3;2-5H,1H3,(H2,9,10);1-2H3;2H,1H3/b20-14+,21-16+,26-15?;;;. The summed E-state index contributed by atoms with van der Waals surface area (Å²) in [6.45, 7) is 18.4. The number of allylic oxidation sites excluding steroid dienone is 3. The molecule has 1 amide bonds. The summed E-state index contributed by atoms with van der Waals surface area (Å²) < 4.78 is 0. The molecule has 3 aromatic rings. The highest BCUT2D eigenvalue weighted by molar-refractivity contribution is 7.14. The lowest BCUT2D eigenvalue weighted by Gasteiger charge is -2.08. The van der Waals surface area contributed by atoms with E-state index in [-0.39, 0.29) is 5.91 Å². The van der Waals surface area contributed by atoms with Gasteiger partial charge in [-0.15, -0.1) is 11.3 Å². The molecule has 0 saturated carbocycles. The average Bonchev–Trinajstić information content (AvgIpc) is 3.39. The van der Waals surface area contributed by atoms with Crippen molar-refractivity contribution in [1.29, 1.82) is 0 Å². The Kier molecular flexibility index (Phi) is 19.8. The third-order valence-corrected chi connectivity index (χ3v) is 7.23. The van der Waals surface area contributed by atoms with E-state index < -0.39 is 0 Å². The smallest absolute Gasteiger partial charge is 0.248 e. The SMILES string of the molecule is C=C/C(=C\N=CC(C)CC)c1ccc(/C(=C/c2sc(C=O)cc2C)CC)cc1.CC.CO.Cc1ccc(C(N)=O)cc1. The van der Waals surface area contributed by atoms with Crippen LogP contribution in [0, 0.1) is 19.8 Å². The van der Waals surface area contributed by atoms with Crippen LogP contribution >= 0.6 is 11.3 Å². The Labute approximate surface area is 257 Å². The molecule has 226 valence electrons. The predicted molar refractivity (Wildman–Crippen MR) is 184 cm³/mol. The molecule has 0 spiro atoms. The first kappa shape index (κ1) is 38.1. The molecular formula is C36H48N2O3S. The molecule has 0 bridgehead atoms. The zero-order valence-corrected chi connectivity index (χ0v) is 27.3. The van der Waals surface area contributed by atoms with Crippen molar-refractivity contribution in [3.63, 3.8) is 0 Å². The number of aldehydes is 1. The normalized spacial score (nSPS) is 11.6. The highest BCUT2D eigenvalue weighted by Gasteiger charge is 2.07. The summed E-state index contributed by atoms with van der Waals surface area (Å²) in [4.78, 5) is 27.9. The number of amides is 1. The number of hydrogen-bond acceptors (Lipinski definition) is 5. The third kappa shape index (κ3) is 13.2. The van der Waals surface area contributed by atoms with Crippen molar-refractivity contribution in [1.82, 2.24) is 0 Å². The van der Waals surface area contributed by atoms with Crippen LogP contribution in [-0.4, -0.2) is 30.6 Å². The summed E-state index contributed by atoms with van der Waals surface area (Å²) in [5.74, 6) is 0.0994. The number of thiophene rings is 1. The van der Waals surface area contributed by atoms with E-state index in [2.05, 4.69) is 62.7 Å². The Morgan fingerprint density at radius 3 is 2.00 bits per heavy atom. The first-order valence-corrected chi connectivity index (χ1v) is 15.1. The van der Waals surface area contributed by atoms with Gasteiger partial charge >= 0.3 is 0 Å². The van der Waals surface area contributed by atoms with Gasteiger partial charge in [-0.05, 0) is 84.7 Å². The largest absolute Gasteiger partial charge is 0.400 e. The summed E-state index contributed by atoms with van der Waals surface area (Å²) in [7, 11) is 1.00. The number of carbonyl (C=O) groups is 2. The molecule has 1 atom stereocenters. The first-order chi connectivity index (χ1) is 20.2. The van der Waals surface area contributed by atoms with E-state index >= 15 is 0 Å². The van der Waals surface area contributed by atoms with Crippen LogP contribution in [0.1, 0.15) is 94.6 Å². The molecule has 1 unspecified atom stereocenters. The lowest BCUT2D eigenvalue weighted by Crippen LogP contribution is -2.10. The zero-order chi connectivity index (χ0) is 32.1. The van der Waals surface area contributed by atoms with Crippen LogP contribution in [0.25, 0.3) is 17.2 Å². The molecule has 3 rings (SSSR count). The molecule has 3 N–H and O–H groups in total. The van der Waals surface area contributed by atoms with E-state index in [1.165, 1.54) is 22.5 Å². The monoisotopic (exact) mass is 588 g/mol. The Morgan fingerprint density at radius 2 is 1.55 bits per heavy atom. The molecule has 0 saturated heterocycles. The van der Waals surface area contributed by atoms with Gasteiger partial charge in [0, 0.05) is 30.0 Å². The minimum absolute atomic E-state index is 0.375. The van der Waals surface area contributed by atoms with Crippen molar-refractivity contribution in [3.8, 4) is 0 Å². The van der Waals surface area contributed by atoms with E-state index in [4.69, 9.17) is 10.8 Å². The van der Waals surface area contributed by atoms with Gasteiger partial charge in [0.2, 0.25) is 5.91 Å². The summed E-state index contributed by atoms with van der Waals surface area (Å²) in [6.07, 6.45) is 10.8. The number of rotatable bonds is 10. The number of hydrogen-bond donors (Lipinski definition) is 2. The van der Waals surface area contributed by atoms with Crippen LogP contribution < -0.4 is 5.73 Å². The molecule has 0 aliphatic rings. The Balaban J connectivity index is 0.000000998. The number of carbonyl (C=O) groups excluding carboxylic acids is 2. The van der Waals surface area contributed by atoms with Gasteiger partial charge in [0.1, 0.15) is 0 Å². The molecule has 42 heavy (non-hydrogen) atoms. The van der Waals surface area contributed by atoms with Crippen molar-refractivity contribution in [2.45, 2.75) is 61.3 Å². The first-order valence-electron chi connectivity index (χ1n) is 14.3. The average molecular weight is 589 g/mol. The maximum absolute atomic E-state index is 11.0. The highest BCUT2D eigenvalue weighted by atomic mass is 32.1. The molecule has 0 radical (unpaired) electrons. The molecular weight excluding hydrogens is 540 g/mol. The molecule has 6 heteroatoms. The number of primary amides is 1. The van der Waals surface area contributed by atoms with E-state index in [9.17, 15) is 9.59 Å². The molecule has 0 fully saturated rings. The van der Waals surface area contributed by atoms with Gasteiger partial charge in [-0.25, -0.2) is 0 Å². The number of nitrogens with zero attached hydrogens (tertiary/aromatic N) is 1. The van der Waals surface area contributed by atoms with Crippen molar-refractivity contribution >= 4 is 47.0 Å². The van der Waals surface area contributed by atoms with Gasteiger partial charge in [0.15, 0.2) is 6.29 Å². The summed E-state index contributed by atoms with van der Waals surface area (Å²) in [5, 5.41) is 7.00. The molecule has 1 aromatic heterocycles. The lowest BCUT2D eigenvalue weighted by molar-refractivity contribution is 0.0999. The maximum Gasteiger partial charge on any atom is 0.248 e. The van der Waals surface area contributed by atoms with E-state index in [1.807, 2.05) is 64.4 Å². The third-order valence-electron chi connectivity index (χ3n) is 6.12. The van der Waals surface area contributed by atoms with Gasteiger partial charge in [-0.2, -0.15) is 0 Å². The maximum atomic E-state index is 11.0. The van der Waals surface area contributed by atoms with Gasteiger partial charge < -0.3 is 10.8 Å². The highest BCUT2D eigenvalue weighted by Crippen LogP contribution is 2.29. The fourth-order valence-corrected chi connectivity index (χ4v) is 4.44. The Hall–Kier alpha value is -3.87. The number of aryl methyl sites for hydroxylation is 2. The van der Waals surface area contributed by atoms with Crippen LogP contribution in [0.4, 0.5) is 0 Å². The van der Waals surface area contributed by atoms with E-state index in [0.29, 0.717) is 11.5 Å². The summed E-state index contributed by atoms with van der Waals surface area (Å²) >= 11 is 1.54. The number of benzene rings is 2. The van der Waals surface area contributed by atoms with Crippen molar-refractivity contribution in [2.75, 3.05) is 7.11 Å². The second-order valence-corrected chi connectivity index (χ2v) is 10.2. The number of aliphatic hydroxyl groups is 1. The van der Waals surface area contributed by atoms with Crippen LogP contribution in [-0.2, 0) is 0 Å². The van der Waals surface area contributed by atoms with Crippen molar-refractivity contribution in [3.05, 3.63) is 111 Å². The van der Waals surface area contributed by atoms with Gasteiger partial charge in [0.25, 0.3) is 0 Å². The second kappa shape index (κ2) is 21.8. The van der Waals surface area contributed by atoms with Crippen molar-refractivity contribution < 1.29 is 14.7 Å². The van der Waals surface area contributed by atoms with Crippen LogP contribution in [0.2, 0.25) is 0 Å². The fraction of sp³-hybridized carbons (Fsp3) is 0.306. The zero-order valence-electron chi connectivity index (χ0n) is 26.5. The molecule has 0 aliphatic heterocycles. The molecule has 1 heterocycles. The van der Waals surface area contributed by atoms with Gasteiger partial charge in [0.05, 0.1) is 4.88 Å².